The zero-order valence-electron chi connectivity index (χ0n) is 9.22. The Balaban J connectivity index is 2.44. The average Bonchev–Trinajstić information content (AvgIpc) is 2.68. The van der Waals surface area contributed by atoms with E-state index in [-0.39, 0.29) is 4.83 Å². The summed E-state index contributed by atoms with van der Waals surface area (Å²) in [7, 11) is 1.67. The van der Waals surface area contributed by atoms with E-state index in [0.29, 0.717) is 0 Å². The lowest BCUT2D eigenvalue weighted by molar-refractivity contribution is 0.410. The number of thiophene rings is 1. The van der Waals surface area contributed by atoms with Crippen LogP contribution in [-0.2, 0) is 0 Å². The van der Waals surface area contributed by atoms with Gasteiger partial charge in [-0.2, -0.15) is 0 Å². The summed E-state index contributed by atoms with van der Waals surface area (Å²) in [6.07, 6.45) is 0. The van der Waals surface area contributed by atoms with Gasteiger partial charge in [0.05, 0.1) is 20.7 Å². The minimum atomic E-state index is 0.0544. The first-order chi connectivity index (χ1) is 8.52. The number of halogens is 4. The smallest absolute Gasteiger partial charge is 0.123 e. The van der Waals surface area contributed by atoms with Crippen molar-refractivity contribution in [3.63, 3.8) is 0 Å². The summed E-state index contributed by atoms with van der Waals surface area (Å²) < 4.78 is 7.35. The number of hydrogen-bond donors (Lipinski definition) is 0. The molecule has 1 nitrogen and oxygen atoms in total. The molecule has 0 N–H and O–H groups in total. The molecule has 0 fully saturated rings. The van der Waals surface area contributed by atoms with E-state index in [1.54, 1.807) is 18.4 Å². The van der Waals surface area contributed by atoms with E-state index in [1.807, 2.05) is 24.3 Å². The first-order valence-electron chi connectivity index (χ1n) is 4.95. The molecule has 0 aliphatic heterocycles. The van der Waals surface area contributed by atoms with E-state index in [1.165, 1.54) is 0 Å². The molecule has 0 bridgehead atoms. The van der Waals surface area contributed by atoms with Crippen molar-refractivity contribution < 1.29 is 4.74 Å². The van der Waals surface area contributed by atoms with E-state index in [0.717, 1.165) is 29.5 Å². The van der Waals surface area contributed by atoms with Crippen LogP contribution in [0.3, 0.4) is 0 Å². The molecular weight excluding hydrogens is 467 g/mol. The van der Waals surface area contributed by atoms with Crippen molar-refractivity contribution in [1.29, 1.82) is 0 Å². The third-order valence-electron chi connectivity index (χ3n) is 2.38. The van der Waals surface area contributed by atoms with Crippen LogP contribution in [0, 0.1) is 0 Å². The monoisotopic (exact) mass is 472 g/mol. The predicted molar refractivity (Wildman–Crippen MR) is 88.5 cm³/mol. The van der Waals surface area contributed by atoms with E-state index in [4.69, 9.17) is 16.3 Å². The standard InChI is InChI=1S/C12H8Br3ClOS/c1-17-9-3-2-6(13)4-7(9)11(14)10-5-8(16)12(15)18-10/h2-5,11H,1H3. The van der Waals surface area contributed by atoms with Crippen LogP contribution in [0.15, 0.2) is 32.5 Å². The molecule has 0 aliphatic rings. The van der Waals surface area contributed by atoms with Gasteiger partial charge >= 0.3 is 0 Å². The zero-order chi connectivity index (χ0) is 13.3. The number of ether oxygens (including phenoxy) is 1. The van der Waals surface area contributed by atoms with E-state index in [9.17, 15) is 0 Å². The van der Waals surface area contributed by atoms with Crippen molar-refractivity contribution in [3.05, 3.63) is 48.0 Å². The van der Waals surface area contributed by atoms with Gasteiger partial charge in [-0.1, -0.05) is 43.5 Å². The van der Waals surface area contributed by atoms with Crippen molar-refractivity contribution in [2.45, 2.75) is 4.83 Å². The fraction of sp³-hybridized carbons (Fsp3) is 0.167. The summed E-state index contributed by atoms with van der Waals surface area (Å²) in [4.78, 5) is 1.18. The SMILES string of the molecule is COc1ccc(Br)cc1C(Br)c1cc(Cl)c(Br)s1. The molecule has 0 saturated carbocycles. The summed E-state index contributed by atoms with van der Waals surface area (Å²) >= 11 is 18.3. The first-order valence-corrected chi connectivity index (χ1v) is 8.64. The van der Waals surface area contributed by atoms with Crippen LogP contribution in [0.5, 0.6) is 5.75 Å². The van der Waals surface area contributed by atoms with Crippen LogP contribution in [0.4, 0.5) is 0 Å². The zero-order valence-corrected chi connectivity index (χ0v) is 15.5. The van der Waals surface area contributed by atoms with E-state index >= 15 is 0 Å². The third kappa shape index (κ3) is 3.12. The molecule has 1 atom stereocenters. The predicted octanol–water partition coefficient (Wildman–Crippen LogP) is 6.42. The van der Waals surface area contributed by atoms with Gasteiger partial charge in [0, 0.05) is 14.9 Å². The Bertz CT molecular complexity index is 551. The second kappa shape index (κ2) is 6.27. The summed E-state index contributed by atoms with van der Waals surface area (Å²) in [6.45, 7) is 0. The summed E-state index contributed by atoms with van der Waals surface area (Å²) in [5, 5.41) is 0.730. The molecule has 6 heteroatoms. The molecule has 0 saturated heterocycles. The highest BCUT2D eigenvalue weighted by molar-refractivity contribution is 9.11. The number of hydrogen-bond acceptors (Lipinski definition) is 2. The molecule has 0 radical (unpaired) electrons. The molecule has 2 rings (SSSR count). The maximum absolute atomic E-state index is 6.07. The lowest BCUT2D eigenvalue weighted by atomic mass is 10.1. The van der Waals surface area contributed by atoms with E-state index in [2.05, 4.69) is 47.8 Å². The molecule has 0 spiro atoms. The highest BCUT2D eigenvalue weighted by atomic mass is 79.9. The lowest BCUT2D eigenvalue weighted by Crippen LogP contribution is -1.95. The Hall–Kier alpha value is 0.450. The Morgan fingerprint density at radius 1 is 1.28 bits per heavy atom. The maximum atomic E-state index is 6.07. The fourth-order valence-corrected chi connectivity index (χ4v) is 4.44. The molecule has 1 unspecified atom stereocenters. The van der Waals surface area contributed by atoms with Crippen molar-refractivity contribution in [1.82, 2.24) is 0 Å². The van der Waals surface area contributed by atoms with Crippen LogP contribution in [-0.4, -0.2) is 7.11 Å². The van der Waals surface area contributed by atoms with Crippen LogP contribution >= 0.6 is 70.7 Å². The number of benzene rings is 1. The molecule has 96 valence electrons. The van der Waals surface area contributed by atoms with Gasteiger partial charge in [-0.15, -0.1) is 11.3 Å². The van der Waals surface area contributed by atoms with Gasteiger partial charge in [-0.25, -0.2) is 0 Å². The van der Waals surface area contributed by atoms with Gasteiger partial charge in [0.25, 0.3) is 0 Å². The fourth-order valence-electron chi connectivity index (χ4n) is 1.54. The van der Waals surface area contributed by atoms with Crippen LogP contribution in [0.1, 0.15) is 15.3 Å². The average molecular weight is 475 g/mol. The minimum Gasteiger partial charge on any atom is -0.496 e. The summed E-state index contributed by atoms with van der Waals surface area (Å²) in [5.74, 6) is 0.848. The van der Waals surface area contributed by atoms with Gasteiger partial charge < -0.3 is 4.74 Å². The van der Waals surface area contributed by atoms with Crippen LogP contribution in [0.25, 0.3) is 0 Å². The molecule has 1 heterocycles. The van der Waals surface area contributed by atoms with Crippen LogP contribution in [0.2, 0.25) is 5.02 Å². The lowest BCUT2D eigenvalue weighted by Gasteiger charge is -2.13. The molecule has 0 aliphatic carbocycles. The molecule has 18 heavy (non-hydrogen) atoms. The number of alkyl halides is 1. The Labute approximate surface area is 140 Å². The van der Waals surface area contributed by atoms with Gasteiger partial charge in [0.1, 0.15) is 5.75 Å². The van der Waals surface area contributed by atoms with Gasteiger partial charge in [0.15, 0.2) is 0 Å². The van der Waals surface area contributed by atoms with E-state index < -0.39 is 0 Å². The van der Waals surface area contributed by atoms with Crippen molar-refractivity contribution in [3.8, 4) is 5.75 Å². The topological polar surface area (TPSA) is 9.23 Å². The molecule has 0 amide bonds. The second-order valence-corrected chi connectivity index (χ2v) is 8.16. The molecule has 1 aromatic heterocycles. The number of methoxy groups -OCH3 is 1. The van der Waals surface area contributed by atoms with Gasteiger partial charge in [-0.05, 0) is 40.2 Å². The molecular formula is C12H8Br3ClOS. The molecule has 2 aromatic rings. The van der Waals surface area contributed by atoms with Crippen molar-refractivity contribution in [2.24, 2.45) is 0 Å². The van der Waals surface area contributed by atoms with Gasteiger partial charge in [-0.3, -0.25) is 0 Å². The Morgan fingerprint density at radius 3 is 2.56 bits per heavy atom. The highest BCUT2D eigenvalue weighted by Gasteiger charge is 2.19. The van der Waals surface area contributed by atoms with Crippen molar-refractivity contribution >= 4 is 70.7 Å². The maximum Gasteiger partial charge on any atom is 0.123 e. The Morgan fingerprint density at radius 2 is 2.00 bits per heavy atom. The highest BCUT2D eigenvalue weighted by Crippen LogP contribution is 2.44. The first kappa shape index (κ1) is 14.9. The van der Waals surface area contributed by atoms with Crippen LogP contribution < -0.4 is 4.74 Å². The Kier molecular flexibility index (Phi) is 5.17. The molecule has 1 aromatic carbocycles. The number of rotatable bonds is 3. The third-order valence-corrected chi connectivity index (χ3v) is 6.70. The largest absolute Gasteiger partial charge is 0.496 e. The van der Waals surface area contributed by atoms with Crippen molar-refractivity contribution in [2.75, 3.05) is 7.11 Å². The minimum absolute atomic E-state index is 0.0544. The quantitative estimate of drug-likeness (QED) is 0.466. The summed E-state index contributed by atoms with van der Waals surface area (Å²) in [5.41, 5.74) is 1.07. The second-order valence-electron chi connectivity index (χ2n) is 3.52. The summed E-state index contributed by atoms with van der Waals surface area (Å²) in [6, 6.07) is 7.90. The normalized spacial score (nSPS) is 12.5. The van der Waals surface area contributed by atoms with Gasteiger partial charge in [0.2, 0.25) is 0 Å².